The molecule has 1 fully saturated rings. The Morgan fingerprint density at radius 1 is 1.18 bits per heavy atom. The summed E-state index contributed by atoms with van der Waals surface area (Å²) in [5.74, 6) is -0.487. The molecule has 22 heavy (non-hydrogen) atoms. The predicted octanol–water partition coefficient (Wildman–Crippen LogP) is 4.03. The average Bonchev–Trinajstić information content (AvgIpc) is 2.81. The van der Waals surface area contributed by atoms with Crippen LogP contribution in [-0.4, -0.2) is 11.1 Å². The van der Waals surface area contributed by atoms with Gasteiger partial charge < -0.3 is 5.32 Å². The smallest absolute Gasteiger partial charge is 0.264 e. The molecular weight excluding hydrogens is 299 g/mol. The van der Waals surface area contributed by atoms with E-state index < -0.39 is 0 Å². The van der Waals surface area contributed by atoms with Crippen LogP contribution in [0.3, 0.4) is 0 Å². The summed E-state index contributed by atoms with van der Waals surface area (Å²) in [5, 5.41) is 3.21. The number of carbonyl (C=O) groups excluding carboxylic acids is 1. The molecule has 1 aliphatic rings. The van der Waals surface area contributed by atoms with Gasteiger partial charge in [0.2, 0.25) is 0 Å². The average molecular weight is 312 g/mol. The van der Waals surface area contributed by atoms with Crippen LogP contribution in [0.25, 0.3) is 6.08 Å². The lowest BCUT2D eigenvalue weighted by Gasteiger charge is -1.97. The second kappa shape index (κ2) is 6.15. The number of hydrogen-bond donors (Lipinski definition) is 1. The molecule has 0 aliphatic carbocycles. The lowest BCUT2D eigenvalue weighted by molar-refractivity contribution is -0.115. The van der Waals surface area contributed by atoms with E-state index in [0.717, 1.165) is 11.1 Å². The number of thioether (sulfide) groups is 1. The zero-order valence-corrected chi connectivity index (χ0v) is 12.7. The molecule has 1 aliphatic heterocycles. The largest absolute Gasteiger partial charge is 0.300 e. The minimum Gasteiger partial charge on any atom is -0.300 e. The number of carbonyl (C=O) groups is 1. The maximum atomic E-state index is 12.9. The summed E-state index contributed by atoms with van der Waals surface area (Å²) in [7, 11) is 0. The van der Waals surface area contributed by atoms with Crippen LogP contribution in [0.2, 0.25) is 0 Å². The molecule has 2 aromatic rings. The Labute approximate surface area is 132 Å². The van der Waals surface area contributed by atoms with Crippen molar-refractivity contribution < 1.29 is 9.18 Å². The first-order chi connectivity index (χ1) is 10.6. The summed E-state index contributed by atoms with van der Waals surface area (Å²) < 4.78 is 12.9. The highest BCUT2D eigenvalue weighted by atomic mass is 32.2. The van der Waals surface area contributed by atoms with Gasteiger partial charge in [-0.2, -0.15) is 0 Å². The molecular formula is C17H13FN2OS. The molecule has 0 unspecified atom stereocenters. The fourth-order valence-electron chi connectivity index (χ4n) is 2.02. The third-order valence-corrected chi connectivity index (χ3v) is 3.96. The molecule has 0 spiro atoms. The number of aryl methyl sites for hydroxylation is 1. The molecule has 3 nitrogen and oxygen atoms in total. The van der Waals surface area contributed by atoms with E-state index in [1.807, 2.05) is 37.3 Å². The monoisotopic (exact) mass is 312 g/mol. The highest BCUT2D eigenvalue weighted by Gasteiger charge is 2.23. The molecule has 0 aromatic heterocycles. The maximum Gasteiger partial charge on any atom is 0.264 e. The van der Waals surface area contributed by atoms with Crippen molar-refractivity contribution in [2.75, 3.05) is 0 Å². The van der Waals surface area contributed by atoms with Crippen LogP contribution in [0.15, 0.2) is 58.4 Å². The third kappa shape index (κ3) is 3.43. The lowest BCUT2D eigenvalue weighted by Crippen LogP contribution is -2.19. The highest BCUT2D eigenvalue weighted by molar-refractivity contribution is 8.18. The molecule has 0 saturated carbocycles. The zero-order valence-electron chi connectivity index (χ0n) is 11.8. The summed E-state index contributed by atoms with van der Waals surface area (Å²) in [6.45, 7) is 2.01. The Kier molecular flexibility index (Phi) is 4.06. The van der Waals surface area contributed by atoms with E-state index in [2.05, 4.69) is 10.3 Å². The van der Waals surface area contributed by atoms with Crippen molar-refractivity contribution in [3.63, 3.8) is 0 Å². The van der Waals surface area contributed by atoms with Gasteiger partial charge in [0.25, 0.3) is 5.91 Å². The van der Waals surface area contributed by atoms with E-state index in [-0.39, 0.29) is 11.7 Å². The van der Waals surface area contributed by atoms with Crippen molar-refractivity contribution in [2.45, 2.75) is 6.92 Å². The molecule has 1 N–H and O–H groups in total. The van der Waals surface area contributed by atoms with E-state index in [4.69, 9.17) is 0 Å². The van der Waals surface area contributed by atoms with Crippen LogP contribution >= 0.6 is 11.8 Å². The summed E-state index contributed by atoms with van der Waals surface area (Å²) in [6.07, 6.45) is 1.83. The first-order valence-electron chi connectivity index (χ1n) is 6.72. The molecule has 0 bridgehead atoms. The minimum atomic E-state index is -0.313. The minimum absolute atomic E-state index is 0.174. The topological polar surface area (TPSA) is 41.5 Å². The van der Waals surface area contributed by atoms with Crippen molar-refractivity contribution in [3.05, 3.63) is 70.4 Å². The van der Waals surface area contributed by atoms with E-state index in [9.17, 15) is 9.18 Å². The number of nitrogens with one attached hydrogen (secondary N) is 1. The van der Waals surface area contributed by atoms with Gasteiger partial charge in [-0.15, -0.1) is 0 Å². The van der Waals surface area contributed by atoms with E-state index in [1.165, 1.54) is 23.9 Å². The number of amidine groups is 1. The quantitative estimate of drug-likeness (QED) is 0.851. The summed E-state index contributed by atoms with van der Waals surface area (Å²) in [4.78, 5) is 16.9. The maximum absolute atomic E-state index is 12.9. The molecule has 5 heteroatoms. The van der Waals surface area contributed by atoms with Gasteiger partial charge in [0.1, 0.15) is 5.82 Å². The fourth-order valence-corrected chi connectivity index (χ4v) is 2.87. The molecule has 0 radical (unpaired) electrons. The van der Waals surface area contributed by atoms with Gasteiger partial charge in [-0.05, 0) is 54.6 Å². The van der Waals surface area contributed by atoms with Gasteiger partial charge in [-0.3, -0.25) is 4.79 Å². The molecule has 1 amide bonds. The molecule has 0 atom stereocenters. The molecule has 110 valence electrons. The Hall–Kier alpha value is -2.40. The van der Waals surface area contributed by atoms with Gasteiger partial charge in [0.05, 0.1) is 10.6 Å². The number of amides is 1. The van der Waals surface area contributed by atoms with Crippen LogP contribution in [0.1, 0.15) is 11.1 Å². The Balaban J connectivity index is 1.82. The van der Waals surface area contributed by atoms with Crippen molar-refractivity contribution in [2.24, 2.45) is 4.99 Å². The Bertz CT molecular complexity index is 782. The number of rotatable bonds is 2. The highest BCUT2D eigenvalue weighted by Crippen LogP contribution is 2.28. The first-order valence-corrected chi connectivity index (χ1v) is 7.54. The van der Waals surface area contributed by atoms with Gasteiger partial charge in [-0.1, -0.05) is 29.8 Å². The molecule has 2 aromatic carbocycles. The van der Waals surface area contributed by atoms with E-state index >= 15 is 0 Å². The number of aliphatic imine (C=N–C) groups is 1. The number of nitrogens with zero attached hydrogens (tertiary/aromatic N) is 1. The van der Waals surface area contributed by atoms with Crippen molar-refractivity contribution in [3.8, 4) is 0 Å². The van der Waals surface area contributed by atoms with Crippen LogP contribution in [0.5, 0.6) is 0 Å². The summed E-state index contributed by atoms with van der Waals surface area (Å²) >= 11 is 1.28. The molecule has 1 saturated heterocycles. The number of benzene rings is 2. The normalized spacial score (nSPS) is 18.0. The number of hydrogen-bond acceptors (Lipinski definition) is 3. The Morgan fingerprint density at radius 2 is 1.95 bits per heavy atom. The third-order valence-electron chi connectivity index (χ3n) is 3.05. The van der Waals surface area contributed by atoms with Crippen LogP contribution in [-0.2, 0) is 4.79 Å². The SMILES string of the molecule is Cc1cccc(/C=C2\SC(=Nc3ccc(F)cc3)NC2=O)c1. The summed E-state index contributed by atoms with van der Waals surface area (Å²) in [5.41, 5.74) is 2.71. The first kappa shape index (κ1) is 14.5. The second-order valence-corrected chi connectivity index (χ2v) is 5.90. The van der Waals surface area contributed by atoms with Gasteiger partial charge in [0, 0.05) is 0 Å². The standard InChI is InChI=1S/C17H13FN2OS/c1-11-3-2-4-12(9-11)10-15-16(21)20-17(22-15)19-14-7-5-13(18)6-8-14/h2-10H,1H3,(H,19,20,21)/b15-10-. The van der Waals surface area contributed by atoms with E-state index in [0.29, 0.717) is 15.8 Å². The zero-order chi connectivity index (χ0) is 15.5. The molecule has 1 heterocycles. The summed E-state index contributed by atoms with van der Waals surface area (Å²) in [6, 6.07) is 13.7. The fraction of sp³-hybridized carbons (Fsp3) is 0.0588. The van der Waals surface area contributed by atoms with Gasteiger partial charge in [0.15, 0.2) is 5.17 Å². The lowest BCUT2D eigenvalue weighted by atomic mass is 10.1. The van der Waals surface area contributed by atoms with Gasteiger partial charge in [-0.25, -0.2) is 9.38 Å². The second-order valence-electron chi connectivity index (χ2n) is 4.87. The van der Waals surface area contributed by atoms with Crippen molar-refractivity contribution in [1.82, 2.24) is 5.32 Å². The van der Waals surface area contributed by atoms with Crippen molar-refractivity contribution >= 4 is 34.6 Å². The number of halogens is 1. The predicted molar refractivity (Wildman–Crippen MR) is 88.4 cm³/mol. The van der Waals surface area contributed by atoms with Gasteiger partial charge >= 0.3 is 0 Å². The molecule has 3 rings (SSSR count). The van der Waals surface area contributed by atoms with Crippen LogP contribution in [0.4, 0.5) is 10.1 Å². The van der Waals surface area contributed by atoms with Crippen LogP contribution < -0.4 is 5.32 Å². The van der Waals surface area contributed by atoms with E-state index in [1.54, 1.807) is 12.1 Å². The van der Waals surface area contributed by atoms with Crippen molar-refractivity contribution in [1.29, 1.82) is 0 Å². The van der Waals surface area contributed by atoms with Crippen LogP contribution in [0, 0.1) is 12.7 Å². The Morgan fingerprint density at radius 3 is 2.68 bits per heavy atom.